The molecule has 0 aromatic carbocycles. The lowest BCUT2D eigenvalue weighted by atomic mass is 10.1. The summed E-state index contributed by atoms with van der Waals surface area (Å²) >= 11 is 0. The summed E-state index contributed by atoms with van der Waals surface area (Å²) in [5.41, 5.74) is 0. The number of allylic oxidation sites excluding steroid dienone is 2. The van der Waals surface area contributed by atoms with Crippen LogP contribution in [0.25, 0.3) is 0 Å². The molecule has 0 bridgehead atoms. The highest BCUT2D eigenvalue weighted by Gasteiger charge is 2.41. The number of unbranched alkanes of at least 4 members (excludes halogenated alkanes) is 13. The maximum atomic E-state index is 12.4. The second-order valence-electron chi connectivity index (χ2n) is 20.4. The lowest BCUT2D eigenvalue weighted by Crippen LogP contribution is -2.50. The number of rotatable bonds is 38. The van der Waals surface area contributed by atoms with Crippen LogP contribution in [0, 0.1) is 0 Å². The number of nitrogens with zero attached hydrogens (tertiary/aromatic N) is 1. The van der Waals surface area contributed by atoms with E-state index in [0.717, 1.165) is 96.7 Å². The van der Waals surface area contributed by atoms with Crippen LogP contribution in [-0.4, -0.2) is 90.2 Å². The number of carbonyl (C=O) groups is 2. The Kier molecular flexibility index (Phi) is 33.4. The van der Waals surface area contributed by atoms with E-state index in [0.29, 0.717) is 26.1 Å². The van der Waals surface area contributed by atoms with Crippen molar-refractivity contribution in [2.75, 3.05) is 39.5 Å². The first kappa shape index (κ1) is 58.7. The number of aliphatic hydroxyl groups is 1. The van der Waals surface area contributed by atoms with E-state index in [2.05, 4.69) is 98.6 Å². The standard InChI is InChI=1S/C50H99NO7Si2/c1-13-15-17-19-21-23-33-41-55-47(53)37-29-25-27-35-45(57-59(9,10)49(3,4)5)43-51(39-31-32-40-52)44-46(58-60(11,12)50(6,7)8)36-28-26-30-38-48(54)56-42-34-24-22-20-18-16-14-2/h23-24,33-34,45-46,52H,13-22,25-32,35-44H2,1-12H3/b33-23-,34-24?. The highest BCUT2D eigenvalue weighted by atomic mass is 28.4. The van der Waals surface area contributed by atoms with Crippen molar-refractivity contribution in [2.24, 2.45) is 0 Å². The second-order valence-corrected chi connectivity index (χ2v) is 29.9. The van der Waals surface area contributed by atoms with Gasteiger partial charge in [0.15, 0.2) is 16.6 Å². The molecule has 0 fully saturated rings. The Labute approximate surface area is 374 Å². The quantitative estimate of drug-likeness (QED) is 0.0284. The van der Waals surface area contributed by atoms with Crippen molar-refractivity contribution in [1.29, 1.82) is 0 Å². The predicted molar refractivity (Wildman–Crippen MR) is 261 cm³/mol. The number of aliphatic hydroxyl groups excluding tert-OH is 1. The molecule has 1 N–H and O–H groups in total. The zero-order valence-corrected chi connectivity index (χ0v) is 43.6. The van der Waals surface area contributed by atoms with Gasteiger partial charge in [-0.3, -0.25) is 14.5 Å². The lowest BCUT2D eigenvalue weighted by Gasteiger charge is -2.42. The van der Waals surface area contributed by atoms with E-state index in [4.69, 9.17) is 18.3 Å². The average molecular weight is 883 g/mol. The third kappa shape index (κ3) is 30.7. The number of carbonyl (C=O) groups excluding carboxylic acids is 2. The van der Waals surface area contributed by atoms with Crippen LogP contribution in [0.5, 0.6) is 0 Å². The second kappa shape index (κ2) is 34.1. The Balaban J connectivity index is 5.57. The lowest BCUT2D eigenvalue weighted by molar-refractivity contribution is -0.143. The Hall–Kier alpha value is -1.31. The molecule has 0 heterocycles. The summed E-state index contributed by atoms with van der Waals surface area (Å²) in [6.45, 7) is 31.1. The molecule has 0 rings (SSSR count). The molecule has 60 heavy (non-hydrogen) atoms. The number of hydrogen-bond donors (Lipinski definition) is 1. The van der Waals surface area contributed by atoms with Crippen LogP contribution in [-0.2, 0) is 27.9 Å². The van der Waals surface area contributed by atoms with Crippen LogP contribution < -0.4 is 0 Å². The molecule has 0 aromatic heterocycles. The Morgan fingerprint density at radius 2 is 0.950 bits per heavy atom. The van der Waals surface area contributed by atoms with Crippen LogP contribution in [0.4, 0.5) is 0 Å². The van der Waals surface area contributed by atoms with Gasteiger partial charge in [0.2, 0.25) is 0 Å². The van der Waals surface area contributed by atoms with Gasteiger partial charge < -0.3 is 23.4 Å². The summed E-state index contributed by atoms with van der Waals surface area (Å²) in [6, 6.07) is 0. The average Bonchev–Trinajstić information content (AvgIpc) is 3.15. The Morgan fingerprint density at radius 1 is 0.550 bits per heavy atom. The molecule has 0 spiro atoms. The molecule has 2 unspecified atom stereocenters. The van der Waals surface area contributed by atoms with Gasteiger partial charge in [0.05, 0.1) is 12.2 Å². The van der Waals surface area contributed by atoms with E-state index in [1.165, 1.54) is 51.4 Å². The summed E-state index contributed by atoms with van der Waals surface area (Å²) in [5.74, 6) is -0.225. The minimum atomic E-state index is -2.07. The molecular formula is C50H99NO7Si2. The van der Waals surface area contributed by atoms with E-state index in [1.54, 1.807) is 0 Å². The van der Waals surface area contributed by atoms with Gasteiger partial charge in [-0.1, -0.05) is 144 Å². The third-order valence-corrected chi connectivity index (χ3v) is 21.7. The van der Waals surface area contributed by atoms with E-state index in [9.17, 15) is 14.7 Å². The van der Waals surface area contributed by atoms with Crippen molar-refractivity contribution in [1.82, 2.24) is 4.90 Å². The summed E-state index contributed by atoms with van der Waals surface area (Å²) in [4.78, 5) is 27.4. The van der Waals surface area contributed by atoms with E-state index in [1.807, 2.05) is 12.2 Å². The minimum Gasteiger partial charge on any atom is -0.461 e. The highest BCUT2D eigenvalue weighted by molar-refractivity contribution is 6.74. The Morgan fingerprint density at radius 3 is 1.32 bits per heavy atom. The molecular weight excluding hydrogens is 783 g/mol. The molecule has 354 valence electrons. The minimum absolute atomic E-state index is 0.0740. The zero-order valence-electron chi connectivity index (χ0n) is 41.6. The van der Waals surface area contributed by atoms with Crippen LogP contribution >= 0.6 is 0 Å². The van der Waals surface area contributed by atoms with Crippen molar-refractivity contribution >= 4 is 28.6 Å². The van der Waals surface area contributed by atoms with Gasteiger partial charge >= 0.3 is 11.9 Å². The van der Waals surface area contributed by atoms with Crippen LogP contribution in [0.15, 0.2) is 24.3 Å². The van der Waals surface area contributed by atoms with Gasteiger partial charge in [-0.05, 0) is 107 Å². The van der Waals surface area contributed by atoms with Crippen molar-refractivity contribution in [3.8, 4) is 0 Å². The third-order valence-electron chi connectivity index (χ3n) is 12.6. The molecule has 0 aliphatic rings. The van der Waals surface area contributed by atoms with Crippen LogP contribution in [0.1, 0.15) is 197 Å². The van der Waals surface area contributed by atoms with E-state index < -0.39 is 16.6 Å². The van der Waals surface area contributed by atoms with Gasteiger partial charge in [0.25, 0.3) is 0 Å². The van der Waals surface area contributed by atoms with Gasteiger partial charge in [-0.2, -0.15) is 0 Å². The fourth-order valence-corrected chi connectivity index (χ4v) is 9.41. The number of ether oxygens (including phenoxy) is 2. The van der Waals surface area contributed by atoms with E-state index in [-0.39, 0.29) is 40.8 Å². The van der Waals surface area contributed by atoms with Gasteiger partial charge in [0, 0.05) is 32.5 Å². The first-order chi connectivity index (χ1) is 28.3. The number of hydrogen-bond acceptors (Lipinski definition) is 8. The largest absolute Gasteiger partial charge is 0.461 e. The maximum absolute atomic E-state index is 12.4. The predicted octanol–water partition coefficient (Wildman–Crippen LogP) is 13.9. The van der Waals surface area contributed by atoms with Crippen molar-refractivity contribution in [3.05, 3.63) is 24.3 Å². The highest BCUT2D eigenvalue weighted by Crippen LogP contribution is 2.39. The fourth-order valence-electron chi connectivity index (χ4n) is 6.65. The van der Waals surface area contributed by atoms with Crippen LogP contribution in [0.3, 0.4) is 0 Å². The van der Waals surface area contributed by atoms with Gasteiger partial charge in [0.1, 0.15) is 13.2 Å². The zero-order chi connectivity index (χ0) is 45.3. The summed E-state index contributed by atoms with van der Waals surface area (Å²) < 4.78 is 25.3. The molecule has 10 heteroatoms. The molecule has 0 aliphatic heterocycles. The molecule has 0 radical (unpaired) electrons. The smallest absolute Gasteiger partial charge is 0.306 e. The molecule has 0 amide bonds. The van der Waals surface area contributed by atoms with Crippen molar-refractivity contribution < 1.29 is 33.0 Å². The first-order valence-corrected chi connectivity index (χ1v) is 30.4. The monoisotopic (exact) mass is 882 g/mol. The van der Waals surface area contributed by atoms with Crippen molar-refractivity contribution in [3.63, 3.8) is 0 Å². The Bertz CT molecular complexity index is 1050. The van der Waals surface area contributed by atoms with Crippen molar-refractivity contribution in [2.45, 2.75) is 245 Å². The van der Waals surface area contributed by atoms with Gasteiger partial charge in [-0.15, -0.1) is 0 Å². The van der Waals surface area contributed by atoms with E-state index >= 15 is 0 Å². The topological polar surface area (TPSA) is 94.5 Å². The van der Waals surface area contributed by atoms with Gasteiger partial charge in [-0.25, -0.2) is 0 Å². The summed E-state index contributed by atoms with van der Waals surface area (Å²) in [5, 5.41) is 9.90. The molecule has 2 atom stereocenters. The normalized spacial score (nSPS) is 14.1. The molecule has 0 saturated carbocycles. The first-order valence-electron chi connectivity index (χ1n) is 24.6. The molecule has 0 saturated heterocycles. The van der Waals surface area contributed by atoms with Crippen LogP contribution in [0.2, 0.25) is 36.3 Å². The number of esters is 2. The molecule has 0 aromatic rings. The molecule has 0 aliphatic carbocycles. The summed E-state index contributed by atoms with van der Waals surface area (Å²) in [7, 11) is -4.13. The SMILES string of the molecule is CCCCCCC=CCOC(=O)CCCCCC(CN(CCCCO)CC(CCCCCC(=O)OC/C=C\CCCCCC)O[Si](C)(C)C(C)(C)C)O[Si](C)(C)C(C)(C)C. The fraction of sp³-hybridized carbons (Fsp3) is 0.880. The summed E-state index contributed by atoms with van der Waals surface area (Å²) in [6.07, 6.45) is 30.5. The molecule has 8 nitrogen and oxygen atoms in total. The maximum Gasteiger partial charge on any atom is 0.306 e.